The highest BCUT2D eigenvalue weighted by atomic mass is 19.4. The molecule has 0 radical (unpaired) electrons. The van der Waals surface area contributed by atoms with E-state index in [9.17, 15) is 22.8 Å². The molecule has 0 aromatic heterocycles. The average molecular weight is 398 g/mol. The molecule has 0 spiro atoms. The van der Waals surface area contributed by atoms with E-state index in [0.29, 0.717) is 19.6 Å². The van der Waals surface area contributed by atoms with Crippen LogP contribution in [-0.2, 0) is 15.8 Å². The number of amides is 2. The van der Waals surface area contributed by atoms with Gasteiger partial charge in [0.1, 0.15) is 5.75 Å². The Morgan fingerprint density at radius 2 is 2.00 bits per heavy atom. The Morgan fingerprint density at radius 1 is 1.29 bits per heavy atom. The highest BCUT2D eigenvalue weighted by Gasteiger charge is 2.39. The number of nitrogens with zero attached hydrogens (tertiary/aromatic N) is 1. The lowest BCUT2D eigenvalue weighted by atomic mass is 10.1. The van der Waals surface area contributed by atoms with Gasteiger partial charge in [-0.3, -0.25) is 9.59 Å². The van der Waals surface area contributed by atoms with Crippen molar-refractivity contribution in [1.29, 1.82) is 0 Å². The Kier molecular flexibility index (Phi) is 6.15. The lowest BCUT2D eigenvalue weighted by Crippen LogP contribution is -2.35. The monoisotopic (exact) mass is 398 g/mol. The van der Waals surface area contributed by atoms with E-state index in [4.69, 9.17) is 4.74 Å². The predicted molar refractivity (Wildman–Crippen MR) is 97.9 cm³/mol. The lowest BCUT2D eigenvalue weighted by molar-refractivity contribution is -0.137. The Balaban J connectivity index is 1.74. The number of rotatable bonds is 6. The summed E-state index contributed by atoms with van der Waals surface area (Å²) in [6.45, 7) is 2.52. The molecule has 2 fully saturated rings. The van der Waals surface area contributed by atoms with E-state index >= 15 is 0 Å². The highest BCUT2D eigenvalue weighted by molar-refractivity contribution is 5.98. The van der Waals surface area contributed by atoms with Crippen molar-refractivity contribution in [3.05, 3.63) is 23.8 Å². The van der Waals surface area contributed by atoms with Gasteiger partial charge in [-0.1, -0.05) is 19.8 Å². The minimum absolute atomic E-state index is 0.0139. The summed E-state index contributed by atoms with van der Waals surface area (Å²) in [6.07, 6.45) is 0.298. The zero-order valence-corrected chi connectivity index (χ0v) is 15.8. The number of likely N-dealkylation sites (tertiary alicyclic amines) is 1. The normalized spacial score (nSPS) is 20.6. The van der Waals surface area contributed by atoms with Crippen molar-refractivity contribution >= 4 is 17.5 Å². The fourth-order valence-corrected chi connectivity index (χ4v) is 3.85. The van der Waals surface area contributed by atoms with Crippen LogP contribution in [0.4, 0.5) is 18.9 Å². The summed E-state index contributed by atoms with van der Waals surface area (Å²) in [5.74, 6) is -0.880. The molecule has 2 amide bonds. The highest BCUT2D eigenvalue weighted by Crippen LogP contribution is 2.36. The fraction of sp³-hybridized carbons (Fsp3) is 0.600. The SMILES string of the molecule is CCCOc1ccc(C(F)(F)F)cc1NC(=O)[C@@H]1CC(=O)N(C2CCCC2)C1. The summed E-state index contributed by atoms with van der Waals surface area (Å²) < 4.78 is 44.7. The molecular formula is C20H25F3N2O3. The molecule has 0 bridgehead atoms. The van der Waals surface area contributed by atoms with Gasteiger partial charge in [-0.05, 0) is 37.5 Å². The number of halogens is 3. The van der Waals surface area contributed by atoms with Crippen LogP contribution in [0, 0.1) is 5.92 Å². The van der Waals surface area contributed by atoms with Crippen LogP contribution >= 0.6 is 0 Å². The van der Waals surface area contributed by atoms with Gasteiger partial charge in [0.05, 0.1) is 23.8 Å². The van der Waals surface area contributed by atoms with Crippen molar-refractivity contribution in [2.75, 3.05) is 18.5 Å². The van der Waals surface area contributed by atoms with Crippen molar-refractivity contribution in [1.82, 2.24) is 4.90 Å². The number of ether oxygens (including phenoxy) is 1. The minimum atomic E-state index is -4.52. The second-order valence-corrected chi connectivity index (χ2v) is 7.43. The summed E-state index contributed by atoms with van der Waals surface area (Å²) in [5.41, 5.74) is -0.873. The molecule has 1 aromatic carbocycles. The van der Waals surface area contributed by atoms with E-state index in [0.717, 1.165) is 37.8 Å². The van der Waals surface area contributed by atoms with Crippen LogP contribution in [-0.4, -0.2) is 35.9 Å². The predicted octanol–water partition coefficient (Wildman–Crippen LogP) is 4.22. The van der Waals surface area contributed by atoms with Gasteiger partial charge in [-0.15, -0.1) is 0 Å². The van der Waals surface area contributed by atoms with E-state index in [2.05, 4.69) is 5.32 Å². The van der Waals surface area contributed by atoms with Crippen LogP contribution in [0.3, 0.4) is 0 Å². The van der Waals surface area contributed by atoms with E-state index in [1.807, 2.05) is 6.92 Å². The van der Waals surface area contributed by atoms with E-state index < -0.39 is 23.6 Å². The van der Waals surface area contributed by atoms with Gasteiger partial charge in [-0.2, -0.15) is 13.2 Å². The first-order valence-corrected chi connectivity index (χ1v) is 9.74. The van der Waals surface area contributed by atoms with Crippen LogP contribution in [0.5, 0.6) is 5.75 Å². The number of carbonyl (C=O) groups is 2. The number of hydrogen-bond acceptors (Lipinski definition) is 3. The second-order valence-electron chi connectivity index (χ2n) is 7.43. The van der Waals surface area contributed by atoms with Crippen molar-refractivity contribution in [2.45, 2.75) is 57.7 Å². The van der Waals surface area contributed by atoms with Gasteiger partial charge < -0.3 is 15.0 Å². The molecule has 1 saturated carbocycles. The first-order chi connectivity index (χ1) is 13.3. The molecule has 1 aromatic rings. The smallest absolute Gasteiger partial charge is 0.416 e. The van der Waals surface area contributed by atoms with E-state index in [-0.39, 0.29) is 29.8 Å². The van der Waals surface area contributed by atoms with E-state index in [1.54, 1.807) is 4.90 Å². The topological polar surface area (TPSA) is 58.6 Å². The minimum Gasteiger partial charge on any atom is -0.491 e. The number of alkyl halides is 3. The molecule has 1 saturated heterocycles. The summed E-state index contributed by atoms with van der Waals surface area (Å²) in [6, 6.07) is 3.22. The zero-order chi connectivity index (χ0) is 20.3. The maximum Gasteiger partial charge on any atom is 0.416 e. The van der Waals surface area contributed by atoms with Crippen LogP contribution in [0.2, 0.25) is 0 Å². The van der Waals surface area contributed by atoms with E-state index in [1.165, 1.54) is 6.07 Å². The Hall–Kier alpha value is -2.25. The molecular weight excluding hydrogens is 373 g/mol. The fourth-order valence-electron chi connectivity index (χ4n) is 3.85. The summed E-state index contributed by atoms with van der Waals surface area (Å²) >= 11 is 0. The van der Waals surface area contributed by atoms with Crippen molar-refractivity contribution in [2.24, 2.45) is 5.92 Å². The molecule has 1 aliphatic heterocycles. The molecule has 1 aliphatic carbocycles. The molecule has 1 heterocycles. The van der Waals surface area contributed by atoms with Gasteiger partial charge in [0, 0.05) is 19.0 Å². The molecule has 0 unspecified atom stereocenters. The van der Waals surface area contributed by atoms with Gasteiger partial charge in [0.2, 0.25) is 11.8 Å². The third kappa shape index (κ3) is 4.59. The number of anilines is 1. The van der Waals surface area contributed by atoms with Gasteiger partial charge in [0.25, 0.3) is 0 Å². The first kappa shape index (κ1) is 20.5. The summed E-state index contributed by atoms with van der Waals surface area (Å²) in [5, 5.41) is 2.56. The summed E-state index contributed by atoms with van der Waals surface area (Å²) in [4.78, 5) is 26.7. The molecule has 154 valence electrons. The largest absolute Gasteiger partial charge is 0.491 e. The number of carbonyl (C=O) groups excluding carboxylic acids is 2. The van der Waals surface area contributed by atoms with Crippen LogP contribution in [0.25, 0.3) is 0 Å². The molecule has 5 nitrogen and oxygen atoms in total. The maximum atomic E-state index is 13.1. The molecule has 3 rings (SSSR count). The van der Waals surface area contributed by atoms with Gasteiger partial charge >= 0.3 is 6.18 Å². The number of nitrogens with one attached hydrogen (secondary N) is 1. The quantitative estimate of drug-likeness (QED) is 0.780. The number of hydrogen-bond donors (Lipinski definition) is 1. The van der Waals surface area contributed by atoms with Crippen molar-refractivity contribution < 1.29 is 27.5 Å². The van der Waals surface area contributed by atoms with Gasteiger partial charge in [0.15, 0.2) is 0 Å². The Morgan fingerprint density at radius 3 is 2.64 bits per heavy atom. The standard InChI is InChI=1S/C20H25F3N2O3/c1-2-9-28-17-8-7-14(20(21,22)23)11-16(17)24-19(27)13-10-18(26)25(12-13)15-5-3-4-6-15/h7-8,11,13,15H,2-6,9-10,12H2,1H3,(H,24,27)/t13-/m1/s1. The zero-order valence-electron chi connectivity index (χ0n) is 15.8. The second kappa shape index (κ2) is 8.41. The average Bonchev–Trinajstić information content (AvgIpc) is 3.29. The molecule has 1 atom stereocenters. The first-order valence-electron chi connectivity index (χ1n) is 9.74. The molecule has 2 aliphatic rings. The lowest BCUT2D eigenvalue weighted by Gasteiger charge is -2.24. The maximum absolute atomic E-state index is 13.1. The van der Waals surface area contributed by atoms with Crippen LogP contribution < -0.4 is 10.1 Å². The molecule has 1 N–H and O–H groups in total. The Bertz CT molecular complexity index is 730. The third-order valence-electron chi connectivity index (χ3n) is 5.32. The molecule has 28 heavy (non-hydrogen) atoms. The summed E-state index contributed by atoms with van der Waals surface area (Å²) in [7, 11) is 0. The van der Waals surface area contributed by atoms with Crippen molar-refractivity contribution in [3.63, 3.8) is 0 Å². The van der Waals surface area contributed by atoms with Gasteiger partial charge in [-0.25, -0.2) is 0 Å². The molecule has 8 heteroatoms. The van der Waals surface area contributed by atoms with Crippen LogP contribution in [0.15, 0.2) is 18.2 Å². The number of benzene rings is 1. The van der Waals surface area contributed by atoms with Crippen LogP contribution in [0.1, 0.15) is 51.0 Å². The Labute approximate surface area is 162 Å². The van der Waals surface area contributed by atoms with Crippen molar-refractivity contribution in [3.8, 4) is 5.75 Å². The third-order valence-corrected chi connectivity index (χ3v) is 5.32.